The van der Waals surface area contributed by atoms with Crippen LogP contribution in [0.4, 0.5) is 0 Å². The highest BCUT2D eigenvalue weighted by Gasteiger charge is 1.98. The second kappa shape index (κ2) is 9.88. The van der Waals surface area contributed by atoms with Crippen LogP contribution in [0.25, 0.3) is 0 Å². The number of ether oxygens (including phenoxy) is 3. The van der Waals surface area contributed by atoms with E-state index in [2.05, 4.69) is 0 Å². The molecule has 0 saturated heterocycles. The lowest BCUT2D eigenvalue weighted by Gasteiger charge is -2.08. The monoisotopic (exact) mass is 193 g/mol. The smallest absolute Gasteiger partial charge is 0.0701 e. The fourth-order valence-corrected chi connectivity index (χ4v) is 0.650. The van der Waals surface area contributed by atoms with Crippen LogP contribution in [-0.2, 0) is 14.2 Å². The minimum absolute atomic E-state index is 0.0511. The van der Waals surface area contributed by atoms with Crippen molar-refractivity contribution in [2.45, 2.75) is 6.04 Å². The minimum atomic E-state index is -0.293. The summed E-state index contributed by atoms with van der Waals surface area (Å²) < 4.78 is 15.0. The highest BCUT2D eigenvalue weighted by molar-refractivity contribution is 4.55. The zero-order valence-electron chi connectivity index (χ0n) is 8.07. The van der Waals surface area contributed by atoms with Crippen molar-refractivity contribution in [1.29, 1.82) is 0 Å². The van der Waals surface area contributed by atoms with Crippen LogP contribution in [0.2, 0.25) is 0 Å². The summed E-state index contributed by atoms with van der Waals surface area (Å²) in [7, 11) is 1.63. The second-order valence-corrected chi connectivity index (χ2v) is 2.62. The lowest BCUT2D eigenvalue weighted by atomic mass is 10.4. The Hall–Kier alpha value is -0.200. The van der Waals surface area contributed by atoms with E-state index in [-0.39, 0.29) is 12.6 Å². The van der Waals surface area contributed by atoms with E-state index < -0.39 is 0 Å². The van der Waals surface area contributed by atoms with Gasteiger partial charge in [0.15, 0.2) is 0 Å². The summed E-state index contributed by atoms with van der Waals surface area (Å²) in [4.78, 5) is 0. The van der Waals surface area contributed by atoms with Gasteiger partial charge in [0.25, 0.3) is 0 Å². The maximum absolute atomic E-state index is 8.55. The van der Waals surface area contributed by atoms with Gasteiger partial charge >= 0.3 is 0 Å². The first kappa shape index (κ1) is 12.8. The normalized spacial score (nSPS) is 13.2. The number of nitrogens with two attached hydrogens (primary N) is 1. The lowest BCUT2D eigenvalue weighted by molar-refractivity contribution is 0.0182. The number of aliphatic hydroxyl groups is 1. The zero-order chi connectivity index (χ0) is 9.94. The van der Waals surface area contributed by atoms with Gasteiger partial charge in [-0.15, -0.1) is 0 Å². The van der Waals surface area contributed by atoms with Gasteiger partial charge in [0, 0.05) is 7.11 Å². The van der Waals surface area contributed by atoms with Gasteiger partial charge in [0.1, 0.15) is 0 Å². The first-order chi connectivity index (χ1) is 6.31. The van der Waals surface area contributed by atoms with Crippen LogP contribution >= 0.6 is 0 Å². The first-order valence-corrected chi connectivity index (χ1v) is 4.32. The number of rotatable bonds is 9. The third-order valence-electron chi connectivity index (χ3n) is 1.37. The Labute approximate surface area is 78.8 Å². The fraction of sp³-hybridized carbons (Fsp3) is 1.00. The van der Waals surface area contributed by atoms with Gasteiger partial charge in [0.05, 0.1) is 45.7 Å². The first-order valence-electron chi connectivity index (χ1n) is 4.32. The van der Waals surface area contributed by atoms with Crippen molar-refractivity contribution in [3.8, 4) is 0 Å². The zero-order valence-corrected chi connectivity index (χ0v) is 8.07. The number of hydrogen-bond acceptors (Lipinski definition) is 5. The minimum Gasteiger partial charge on any atom is -0.395 e. The second-order valence-electron chi connectivity index (χ2n) is 2.62. The van der Waals surface area contributed by atoms with Crippen LogP contribution in [0.15, 0.2) is 0 Å². The molecule has 5 nitrogen and oxygen atoms in total. The Kier molecular flexibility index (Phi) is 9.73. The lowest BCUT2D eigenvalue weighted by Crippen LogP contribution is -2.30. The molecule has 80 valence electrons. The molecule has 0 heterocycles. The van der Waals surface area contributed by atoms with Gasteiger partial charge in [0.2, 0.25) is 0 Å². The molecule has 0 aromatic heterocycles. The van der Waals surface area contributed by atoms with Gasteiger partial charge in [-0.05, 0) is 0 Å². The Balaban J connectivity index is 2.91. The predicted octanol–water partition coefficient (Wildman–Crippen LogP) is -1.01. The Morgan fingerprint density at radius 3 is 2.38 bits per heavy atom. The summed E-state index contributed by atoms with van der Waals surface area (Å²) in [6.45, 7) is 2.51. The van der Waals surface area contributed by atoms with Crippen LogP contribution in [0, 0.1) is 0 Å². The van der Waals surface area contributed by atoms with Crippen molar-refractivity contribution >= 4 is 0 Å². The Morgan fingerprint density at radius 2 is 1.77 bits per heavy atom. The summed E-state index contributed by atoms with van der Waals surface area (Å²) in [6.07, 6.45) is 0. The van der Waals surface area contributed by atoms with E-state index in [1.54, 1.807) is 7.11 Å². The summed E-state index contributed by atoms with van der Waals surface area (Å²) >= 11 is 0. The highest BCUT2D eigenvalue weighted by Crippen LogP contribution is 1.82. The fourth-order valence-electron chi connectivity index (χ4n) is 0.650. The standard InChI is InChI=1S/C8H19NO4/c1-11-2-3-12-4-5-13-7-8(9)6-10/h8,10H,2-7,9H2,1H3. The van der Waals surface area contributed by atoms with Crippen molar-refractivity contribution in [1.82, 2.24) is 0 Å². The summed E-state index contributed by atoms with van der Waals surface area (Å²) in [5.74, 6) is 0. The van der Waals surface area contributed by atoms with Crippen LogP contribution in [-0.4, -0.2) is 57.9 Å². The number of aliphatic hydroxyl groups excluding tert-OH is 1. The molecular weight excluding hydrogens is 174 g/mol. The molecule has 0 bridgehead atoms. The summed E-state index contributed by atoms with van der Waals surface area (Å²) in [5, 5.41) is 8.55. The van der Waals surface area contributed by atoms with Crippen molar-refractivity contribution in [3.05, 3.63) is 0 Å². The molecule has 0 aromatic carbocycles. The topological polar surface area (TPSA) is 73.9 Å². The molecule has 0 spiro atoms. The van der Waals surface area contributed by atoms with Crippen molar-refractivity contribution < 1.29 is 19.3 Å². The molecule has 0 radical (unpaired) electrons. The van der Waals surface area contributed by atoms with E-state index in [4.69, 9.17) is 25.1 Å². The predicted molar refractivity (Wildman–Crippen MR) is 48.6 cm³/mol. The van der Waals surface area contributed by atoms with Crippen molar-refractivity contribution in [2.75, 3.05) is 46.8 Å². The van der Waals surface area contributed by atoms with Gasteiger partial charge < -0.3 is 25.1 Å². The molecule has 0 aliphatic carbocycles. The maximum Gasteiger partial charge on any atom is 0.0701 e. The van der Waals surface area contributed by atoms with Crippen LogP contribution < -0.4 is 5.73 Å². The SMILES string of the molecule is COCCOCCOCC(N)CO. The maximum atomic E-state index is 8.55. The Bertz CT molecular complexity index is 102. The molecule has 1 atom stereocenters. The molecule has 0 aliphatic rings. The molecule has 0 fully saturated rings. The molecule has 0 saturated carbocycles. The average molecular weight is 193 g/mol. The van der Waals surface area contributed by atoms with Gasteiger partial charge in [-0.3, -0.25) is 0 Å². The Morgan fingerprint density at radius 1 is 1.15 bits per heavy atom. The average Bonchev–Trinajstić information content (AvgIpc) is 2.16. The number of hydrogen-bond donors (Lipinski definition) is 2. The molecule has 13 heavy (non-hydrogen) atoms. The van der Waals surface area contributed by atoms with E-state index in [0.717, 1.165) is 0 Å². The van der Waals surface area contributed by atoms with E-state index in [1.807, 2.05) is 0 Å². The molecule has 0 aliphatic heterocycles. The largest absolute Gasteiger partial charge is 0.395 e. The van der Waals surface area contributed by atoms with Gasteiger partial charge in [-0.25, -0.2) is 0 Å². The van der Waals surface area contributed by atoms with E-state index in [9.17, 15) is 0 Å². The number of methoxy groups -OCH3 is 1. The third-order valence-corrected chi connectivity index (χ3v) is 1.37. The van der Waals surface area contributed by atoms with Crippen LogP contribution in [0.1, 0.15) is 0 Å². The van der Waals surface area contributed by atoms with Gasteiger partial charge in [-0.2, -0.15) is 0 Å². The van der Waals surface area contributed by atoms with E-state index >= 15 is 0 Å². The molecule has 1 unspecified atom stereocenters. The molecule has 3 N–H and O–H groups in total. The molecule has 0 rings (SSSR count). The van der Waals surface area contributed by atoms with Gasteiger partial charge in [-0.1, -0.05) is 0 Å². The van der Waals surface area contributed by atoms with Crippen LogP contribution in [0.3, 0.4) is 0 Å². The summed E-state index contributed by atoms with van der Waals surface area (Å²) in [6, 6.07) is -0.293. The highest BCUT2D eigenvalue weighted by atomic mass is 16.5. The molecule has 5 heteroatoms. The third kappa shape index (κ3) is 9.72. The molecule has 0 amide bonds. The van der Waals surface area contributed by atoms with Crippen molar-refractivity contribution in [3.63, 3.8) is 0 Å². The van der Waals surface area contributed by atoms with Crippen molar-refractivity contribution in [2.24, 2.45) is 5.73 Å². The van der Waals surface area contributed by atoms with E-state index in [1.165, 1.54) is 0 Å². The molecule has 0 aromatic rings. The summed E-state index contributed by atoms with van der Waals surface area (Å²) in [5.41, 5.74) is 5.40. The van der Waals surface area contributed by atoms with Crippen LogP contribution in [0.5, 0.6) is 0 Å². The quantitative estimate of drug-likeness (QED) is 0.459. The molecular formula is C8H19NO4. The van der Waals surface area contributed by atoms with E-state index in [0.29, 0.717) is 33.0 Å².